The number of ether oxygens (including phenoxy) is 1. The van der Waals surface area contributed by atoms with Crippen LogP contribution in [-0.4, -0.2) is 56.9 Å². The van der Waals surface area contributed by atoms with Crippen LogP contribution in [-0.2, 0) is 14.8 Å². The van der Waals surface area contributed by atoms with E-state index in [-0.39, 0.29) is 11.4 Å². The molecule has 0 aliphatic carbocycles. The quantitative estimate of drug-likeness (QED) is 0.768. The summed E-state index contributed by atoms with van der Waals surface area (Å²) in [6.07, 6.45) is 2.85. The molecular weight excluding hydrogens is 240 g/mol. The monoisotopic (exact) mass is 262 g/mol. The number of hydrogen-bond acceptors (Lipinski definition) is 4. The Balaban J connectivity index is 2.00. The fourth-order valence-electron chi connectivity index (χ4n) is 2.52. The Morgan fingerprint density at radius 3 is 2.76 bits per heavy atom. The second-order valence-electron chi connectivity index (χ2n) is 4.75. The van der Waals surface area contributed by atoms with E-state index < -0.39 is 10.0 Å². The van der Waals surface area contributed by atoms with Crippen molar-refractivity contribution in [2.24, 2.45) is 0 Å². The van der Waals surface area contributed by atoms with E-state index in [0.717, 1.165) is 32.4 Å². The van der Waals surface area contributed by atoms with E-state index >= 15 is 0 Å². The number of nitrogens with zero attached hydrogens (tertiary/aromatic N) is 1. The molecule has 100 valence electrons. The second-order valence-corrected chi connectivity index (χ2v) is 6.96. The summed E-state index contributed by atoms with van der Waals surface area (Å²) in [6, 6.07) is 0. The summed E-state index contributed by atoms with van der Waals surface area (Å²) < 4.78 is 31.9. The lowest BCUT2D eigenvalue weighted by Gasteiger charge is -2.26. The van der Waals surface area contributed by atoms with Crippen LogP contribution in [0.4, 0.5) is 0 Å². The van der Waals surface area contributed by atoms with Gasteiger partial charge in [0, 0.05) is 26.2 Å². The van der Waals surface area contributed by atoms with Crippen molar-refractivity contribution in [2.45, 2.75) is 37.5 Å². The van der Waals surface area contributed by atoms with Gasteiger partial charge in [-0.1, -0.05) is 6.92 Å². The van der Waals surface area contributed by atoms with Gasteiger partial charge in [0.1, 0.15) is 0 Å². The third-order valence-electron chi connectivity index (χ3n) is 3.58. The summed E-state index contributed by atoms with van der Waals surface area (Å²) >= 11 is 0. The molecule has 0 amide bonds. The van der Waals surface area contributed by atoms with Crippen LogP contribution >= 0.6 is 0 Å². The van der Waals surface area contributed by atoms with Gasteiger partial charge >= 0.3 is 0 Å². The van der Waals surface area contributed by atoms with Gasteiger partial charge in [-0.2, -0.15) is 4.31 Å². The summed E-state index contributed by atoms with van der Waals surface area (Å²) in [6.45, 7) is 5.13. The largest absolute Gasteiger partial charge is 0.377 e. The highest BCUT2D eigenvalue weighted by Gasteiger charge is 2.34. The van der Waals surface area contributed by atoms with E-state index in [0.29, 0.717) is 19.6 Å². The highest BCUT2D eigenvalue weighted by Crippen LogP contribution is 2.19. The highest BCUT2D eigenvalue weighted by atomic mass is 32.2. The molecule has 6 heteroatoms. The zero-order chi connectivity index (χ0) is 12.3. The van der Waals surface area contributed by atoms with Crippen LogP contribution in [0.3, 0.4) is 0 Å². The molecule has 2 unspecified atom stereocenters. The number of rotatable bonds is 5. The summed E-state index contributed by atoms with van der Waals surface area (Å²) in [7, 11) is -3.15. The minimum absolute atomic E-state index is 0.0964. The Hall–Kier alpha value is -0.170. The van der Waals surface area contributed by atoms with Crippen molar-refractivity contribution in [3.63, 3.8) is 0 Å². The molecule has 0 saturated carbocycles. The van der Waals surface area contributed by atoms with Gasteiger partial charge < -0.3 is 10.1 Å². The fourth-order valence-corrected chi connectivity index (χ4v) is 4.42. The van der Waals surface area contributed by atoms with Crippen molar-refractivity contribution in [2.75, 3.05) is 32.8 Å². The normalized spacial score (nSPS) is 30.2. The molecule has 0 spiro atoms. The lowest BCUT2D eigenvalue weighted by molar-refractivity contribution is 0.0945. The van der Waals surface area contributed by atoms with Crippen LogP contribution in [0.1, 0.15) is 26.2 Å². The molecule has 2 aliphatic heterocycles. The smallest absolute Gasteiger partial charge is 0.218 e. The Bertz CT molecular complexity index is 333. The van der Waals surface area contributed by atoms with Gasteiger partial charge in [-0.05, 0) is 25.8 Å². The topological polar surface area (TPSA) is 58.6 Å². The minimum atomic E-state index is -3.15. The Morgan fingerprint density at radius 1 is 1.41 bits per heavy atom. The van der Waals surface area contributed by atoms with E-state index in [1.807, 2.05) is 6.92 Å². The van der Waals surface area contributed by atoms with Crippen molar-refractivity contribution < 1.29 is 13.2 Å². The Morgan fingerprint density at radius 2 is 2.24 bits per heavy atom. The standard InChI is InChI=1S/C11H22N2O3S/c1-2-13(9-10-4-3-7-16-10)17(14,15)11-5-6-12-8-11/h10-12H,2-9H2,1H3. The SMILES string of the molecule is CCN(CC1CCCO1)S(=O)(=O)C1CCNC1. The Kier molecular flexibility index (Phi) is 4.41. The first-order valence-electron chi connectivity index (χ1n) is 6.46. The highest BCUT2D eigenvalue weighted by molar-refractivity contribution is 7.89. The van der Waals surface area contributed by atoms with Gasteiger partial charge in [-0.15, -0.1) is 0 Å². The van der Waals surface area contributed by atoms with E-state index in [4.69, 9.17) is 4.74 Å². The van der Waals surface area contributed by atoms with Gasteiger partial charge in [-0.3, -0.25) is 0 Å². The van der Waals surface area contributed by atoms with Gasteiger partial charge in [0.05, 0.1) is 11.4 Å². The third kappa shape index (κ3) is 2.99. The van der Waals surface area contributed by atoms with E-state index in [1.54, 1.807) is 4.31 Å². The zero-order valence-corrected chi connectivity index (χ0v) is 11.2. The fraction of sp³-hybridized carbons (Fsp3) is 1.00. The maximum absolute atomic E-state index is 12.4. The first-order valence-corrected chi connectivity index (χ1v) is 7.96. The predicted octanol–water partition coefficient (Wildman–Crippen LogP) is 0.179. The number of sulfonamides is 1. The van der Waals surface area contributed by atoms with Crippen molar-refractivity contribution >= 4 is 10.0 Å². The maximum Gasteiger partial charge on any atom is 0.218 e. The van der Waals surface area contributed by atoms with Crippen LogP contribution in [0.2, 0.25) is 0 Å². The molecule has 0 radical (unpaired) electrons. The van der Waals surface area contributed by atoms with Gasteiger partial charge in [0.25, 0.3) is 0 Å². The average Bonchev–Trinajstić information content (AvgIpc) is 2.98. The molecule has 2 saturated heterocycles. The first kappa shape index (κ1) is 13.3. The lowest BCUT2D eigenvalue weighted by Crippen LogP contribution is -2.43. The molecule has 1 N–H and O–H groups in total. The van der Waals surface area contributed by atoms with Gasteiger partial charge in [-0.25, -0.2) is 8.42 Å². The van der Waals surface area contributed by atoms with Crippen molar-refractivity contribution in [3.8, 4) is 0 Å². The summed E-state index contributed by atoms with van der Waals surface area (Å²) in [4.78, 5) is 0. The minimum Gasteiger partial charge on any atom is -0.377 e. The average molecular weight is 262 g/mol. The summed E-state index contributed by atoms with van der Waals surface area (Å²) in [5.74, 6) is 0. The van der Waals surface area contributed by atoms with Crippen LogP contribution in [0.5, 0.6) is 0 Å². The summed E-state index contributed by atoms with van der Waals surface area (Å²) in [5, 5.41) is 2.87. The van der Waals surface area contributed by atoms with E-state index in [1.165, 1.54) is 0 Å². The lowest BCUT2D eigenvalue weighted by atomic mass is 10.2. The molecule has 2 aliphatic rings. The van der Waals surface area contributed by atoms with E-state index in [2.05, 4.69) is 5.32 Å². The molecule has 2 atom stereocenters. The van der Waals surface area contributed by atoms with Crippen LogP contribution in [0, 0.1) is 0 Å². The third-order valence-corrected chi connectivity index (χ3v) is 5.95. The number of nitrogens with one attached hydrogen (secondary N) is 1. The molecule has 2 fully saturated rings. The number of hydrogen-bond donors (Lipinski definition) is 1. The van der Waals surface area contributed by atoms with E-state index in [9.17, 15) is 8.42 Å². The van der Waals surface area contributed by atoms with Crippen LogP contribution in [0.25, 0.3) is 0 Å². The molecule has 0 aromatic carbocycles. The first-order chi connectivity index (χ1) is 8.14. The second kappa shape index (κ2) is 5.65. The molecule has 0 aromatic heterocycles. The maximum atomic E-state index is 12.4. The number of likely N-dealkylation sites (N-methyl/N-ethyl adjacent to an activating group) is 1. The molecule has 0 aromatic rings. The summed E-state index contributed by atoms with van der Waals surface area (Å²) in [5.41, 5.74) is 0. The zero-order valence-electron chi connectivity index (χ0n) is 10.4. The molecule has 2 rings (SSSR count). The van der Waals surface area contributed by atoms with Crippen molar-refractivity contribution in [1.82, 2.24) is 9.62 Å². The molecule has 0 bridgehead atoms. The van der Waals surface area contributed by atoms with Crippen molar-refractivity contribution in [1.29, 1.82) is 0 Å². The molecular formula is C11H22N2O3S. The van der Waals surface area contributed by atoms with Crippen LogP contribution < -0.4 is 5.32 Å². The van der Waals surface area contributed by atoms with Gasteiger partial charge in [0.2, 0.25) is 10.0 Å². The Labute approximate surface area is 104 Å². The van der Waals surface area contributed by atoms with Crippen LogP contribution in [0.15, 0.2) is 0 Å². The molecule has 5 nitrogen and oxygen atoms in total. The molecule has 17 heavy (non-hydrogen) atoms. The molecule has 2 heterocycles. The van der Waals surface area contributed by atoms with Gasteiger partial charge in [0.15, 0.2) is 0 Å². The predicted molar refractivity (Wildman–Crippen MR) is 66.4 cm³/mol. The van der Waals surface area contributed by atoms with Crippen molar-refractivity contribution in [3.05, 3.63) is 0 Å².